The maximum Gasteiger partial charge on any atom is 0.417 e. The molecule has 12 nitrogen and oxygen atoms in total. The Morgan fingerprint density at radius 1 is 1.08 bits per heavy atom. The fourth-order valence-corrected chi connectivity index (χ4v) is 3.60. The number of benzene rings is 1. The third kappa shape index (κ3) is 12.2. The van der Waals surface area contributed by atoms with Crippen molar-refractivity contribution in [3.63, 3.8) is 0 Å². The fraction of sp³-hybridized carbons (Fsp3) is 0.577. The monoisotopic (exact) mass is 533 g/mol. The summed E-state index contributed by atoms with van der Waals surface area (Å²) in [5.74, 6) is -1.41. The van der Waals surface area contributed by atoms with Crippen molar-refractivity contribution in [2.75, 3.05) is 13.1 Å². The molecule has 3 atom stereocenters. The Morgan fingerprint density at radius 2 is 1.74 bits per heavy atom. The number of aliphatic imine (C=N–C) groups is 1. The standard InChI is InChI=1S/C26H43N7O5/c1-26(2,3)38-25(37)33(19(17-34)12-7-8-14-27)23(36)21(16-18-10-5-4-6-11-18)32-22(35)20(28)13-9-15-31-24(29)30/h4-6,10-11,17,19-21H,7-9,12-16,27-28H2,1-3H3,(H,32,35)(H4,29,30,31)/t19-,20+,21-/m0/s1. The maximum absolute atomic E-state index is 13.8. The van der Waals surface area contributed by atoms with Crippen LogP contribution in [0.25, 0.3) is 0 Å². The van der Waals surface area contributed by atoms with Gasteiger partial charge in [-0.25, -0.2) is 9.69 Å². The molecule has 12 heteroatoms. The van der Waals surface area contributed by atoms with Gasteiger partial charge >= 0.3 is 6.09 Å². The summed E-state index contributed by atoms with van der Waals surface area (Å²) >= 11 is 0. The zero-order valence-corrected chi connectivity index (χ0v) is 22.6. The Morgan fingerprint density at radius 3 is 2.29 bits per heavy atom. The van der Waals surface area contributed by atoms with Crippen molar-refractivity contribution in [1.29, 1.82) is 0 Å². The van der Waals surface area contributed by atoms with Crippen LogP contribution in [0.5, 0.6) is 0 Å². The van der Waals surface area contributed by atoms with Crippen LogP contribution < -0.4 is 28.3 Å². The Bertz CT molecular complexity index is 930. The molecule has 0 fully saturated rings. The number of carbonyl (C=O) groups excluding carboxylic acids is 4. The Labute approximate surface area is 224 Å². The van der Waals surface area contributed by atoms with Crippen molar-refractivity contribution in [2.45, 2.75) is 83.0 Å². The third-order valence-electron chi connectivity index (χ3n) is 5.47. The predicted molar refractivity (Wildman–Crippen MR) is 146 cm³/mol. The average molecular weight is 534 g/mol. The molecule has 0 aliphatic carbocycles. The molecule has 0 saturated carbocycles. The van der Waals surface area contributed by atoms with Crippen LogP contribution in [-0.2, 0) is 25.5 Å². The van der Waals surface area contributed by atoms with E-state index in [0.717, 1.165) is 10.5 Å². The zero-order chi connectivity index (χ0) is 28.7. The number of aldehydes is 1. The second-order valence-corrected chi connectivity index (χ2v) is 9.98. The molecular formula is C26H43N7O5. The van der Waals surface area contributed by atoms with Crippen LogP contribution in [0.3, 0.4) is 0 Å². The molecule has 3 amide bonds. The van der Waals surface area contributed by atoms with E-state index in [2.05, 4.69) is 10.3 Å². The number of rotatable bonds is 15. The number of hydrogen-bond donors (Lipinski definition) is 5. The SMILES string of the molecule is CC(C)(C)OC(=O)N(C(=O)[C@H](Cc1ccccc1)NC(=O)[C@H](N)CCCN=C(N)N)[C@H](C=O)CCCCN. The molecular weight excluding hydrogens is 490 g/mol. The minimum Gasteiger partial charge on any atom is -0.443 e. The van der Waals surface area contributed by atoms with E-state index >= 15 is 0 Å². The maximum atomic E-state index is 13.8. The quantitative estimate of drug-likeness (QED) is 0.0921. The van der Waals surface area contributed by atoms with E-state index in [4.69, 9.17) is 27.7 Å². The summed E-state index contributed by atoms with van der Waals surface area (Å²) in [5.41, 5.74) is 22.1. The van der Waals surface area contributed by atoms with Crippen LogP contribution in [0.15, 0.2) is 35.3 Å². The summed E-state index contributed by atoms with van der Waals surface area (Å²) in [4.78, 5) is 56.7. The number of nitrogens with one attached hydrogen (secondary N) is 1. The molecule has 212 valence electrons. The number of amides is 3. The van der Waals surface area contributed by atoms with E-state index in [-0.39, 0.29) is 25.2 Å². The number of hydrogen-bond acceptors (Lipinski definition) is 8. The largest absolute Gasteiger partial charge is 0.443 e. The van der Waals surface area contributed by atoms with Gasteiger partial charge in [0.25, 0.3) is 5.91 Å². The van der Waals surface area contributed by atoms with Crippen molar-refractivity contribution >= 4 is 30.2 Å². The van der Waals surface area contributed by atoms with Crippen LogP contribution in [0.4, 0.5) is 4.79 Å². The lowest BCUT2D eigenvalue weighted by Gasteiger charge is -2.32. The summed E-state index contributed by atoms with van der Waals surface area (Å²) < 4.78 is 5.46. The summed E-state index contributed by atoms with van der Waals surface area (Å²) in [5, 5.41) is 2.68. The minimum absolute atomic E-state index is 0.0602. The minimum atomic E-state index is -1.18. The van der Waals surface area contributed by atoms with E-state index in [9.17, 15) is 19.2 Å². The number of ether oxygens (including phenoxy) is 1. The van der Waals surface area contributed by atoms with Gasteiger partial charge in [-0.3, -0.25) is 14.6 Å². The molecule has 0 radical (unpaired) electrons. The van der Waals surface area contributed by atoms with Crippen LogP contribution in [0, 0.1) is 0 Å². The van der Waals surface area contributed by atoms with Gasteiger partial charge in [0.15, 0.2) is 5.96 Å². The highest BCUT2D eigenvalue weighted by molar-refractivity contribution is 5.99. The van der Waals surface area contributed by atoms with Gasteiger partial charge in [0.2, 0.25) is 5.91 Å². The van der Waals surface area contributed by atoms with E-state index in [1.54, 1.807) is 45.0 Å². The number of carbonyl (C=O) groups is 4. The fourth-order valence-electron chi connectivity index (χ4n) is 3.60. The molecule has 0 spiro atoms. The molecule has 0 bridgehead atoms. The van der Waals surface area contributed by atoms with Crippen molar-refractivity contribution < 1.29 is 23.9 Å². The molecule has 1 aromatic carbocycles. The van der Waals surface area contributed by atoms with Crippen molar-refractivity contribution in [1.82, 2.24) is 10.2 Å². The summed E-state index contributed by atoms with van der Waals surface area (Å²) in [7, 11) is 0. The van der Waals surface area contributed by atoms with Gasteiger partial charge in [-0.15, -0.1) is 0 Å². The van der Waals surface area contributed by atoms with Gasteiger partial charge in [0.1, 0.15) is 17.9 Å². The van der Waals surface area contributed by atoms with E-state index in [1.165, 1.54) is 0 Å². The smallest absolute Gasteiger partial charge is 0.417 e. The molecule has 0 aliphatic heterocycles. The molecule has 1 aromatic rings. The van der Waals surface area contributed by atoms with Crippen molar-refractivity contribution in [2.24, 2.45) is 27.9 Å². The number of nitrogens with zero attached hydrogens (tertiary/aromatic N) is 2. The van der Waals surface area contributed by atoms with Gasteiger partial charge in [-0.05, 0) is 65.0 Å². The lowest BCUT2D eigenvalue weighted by Crippen LogP contribution is -2.58. The lowest BCUT2D eigenvalue weighted by molar-refractivity contribution is -0.139. The molecule has 0 heterocycles. The van der Waals surface area contributed by atoms with Gasteiger partial charge in [-0.1, -0.05) is 30.3 Å². The highest BCUT2D eigenvalue weighted by atomic mass is 16.6. The van der Waals surface area contributed by atoms with Gasteiger partial charge in [-0.2, -0.15) is 0 Å². The zero-order valence-electron chi connectivity index (χ0n) is 22.6. The average Bonchev–Trinajstić information content (AvgIpc) is 2.84. The molecule has 0 unspecified atom stereocenters. The molecule has 0 saturated heterocycles. The van der Waals surface area contributed by atoms with E-state index in [1.807, 2.05) is 6.07 Å². The first-order chi connectivity index (χ1) is 17.9. The molecule has 0 aromatic heterocycles. The van der Waals surface area contributed by atoms with Gasteiger partial charge < -0.3 is 37.8 Å². The summed E-state index contributed by atoms with van der Waals surface area (Å²) in [6.45, 7) is 5.67. The molecule has 1 rings (SSSR count). The summed E-state index contributed by atoms with van der Waals surface area (Å²) in [6.07, 6.45) is 1.68. The first-order valence-corrected chi connectivity index (χ1v) is 12.8. The second kappa shape index (κ2) is 16.4. The van der Waals surface area contributed by atoms with Crippen LogP contribution in [-0.4, -0.2) is 71.9 Å². The molecule has 9 N–H and O–H groups in total. The number of imide groups is 1. The van der Waals surface area contributed by atoms with Crippen molar-refractivity contribution in [3.05, 3.63) is 35.9 Å². The topological polar surface area (TPSA) is 209 Å². The Balaban J connectivity index is 3.25. The van der Waals surface area contributed by atoms with Crippen LogP contribution in [0.1, 0.15) is 58.4 Å². The lowest BCUT2D eigenvalue weighted by atomic mass is 10.0. The highest BCUT2D eigenvalue weighted by Gasteiger charge is 2.38. The van der Waals surface area contributed by atoms with Gasteiger partial charge in [0.05, 0.1) is 12.1 Å². The summed E-state index contributed by atoms with van der Waals surface area (Å²) in [6, 6.07) is 5.76. The molecule has 0 aliphatic rings. The number of unbranched alkanes of at least 4 members (excludes halogenated alkanes) is 1. The van der Waals surface area contributed by atoms with Crippen LogP contribution >= 0.6 is 0 Å². The Hall–Kier alpha value is -3.51. The first-order valence-electron chi connectivity index (χ1n) is 12.8. The van der Waals surface area contributed by atoms with E-state index in [0.29, 0.717) is 38.6 Å². The van der Waals surface area contributed by atoms with E-state index < -0.39 is 41.6 Å². The molecule has 38 heavy (non-hydrogen) atoms. The predicted octanol–water partition coefficient (Wildman–Crippen LogP) is 0.555. The van der Waals surface area contributed by atoms with Crippen molar-refractivity contribution in [3.8, 4) is 0 Å². The normalized spacial score (nSPS) is 13.5. The number of nitrogens with two attached hydrogens (primary N) is 4. The third-order valence-corrected chi connectivity index (χ3v) is 5.47. The first kappa shape index (κ1) is 32.5. The second-order valence-electron chi connectivity index (χ2n) is 9.98. The number of guanidine groups is 1. The van der Waals surface area contributed by atoms with Crippen LogP contribution in [0.2, 0.25) is 0 Å². The van der Waals surface area contributed by atoms with Gasteiger partial charge in [0, 0.05) is 13.0 Å². The Kier molecular flexibility index (Phi) is 14.0. The highest BCUT2D eigenvalue weighted by Crippen LogP contribution is 2.17.